The number of rotatable bonds is 4. The molecule has 0 atom stereocenters. The molecule has 22 heavy (non-hydrogen) atoms. The van der Waals surface area contributed by atoms with Crippen LogP contribution < -0.4 is 0 Å². The van der Waals surface area contributed by atoms with E-state index < -0.39 is 42.2 Å². The van der Waals surface area contributed by atoms with Gasteiger partial charge in [-0.15, -0.1) is 0 Å². The summed E-state index contributed by atoms with van der Waals surface area (Å²) in [6, 6.07) is 0. The highest BCUT2D eigenvalue weighted by Gasteiger charge is 2.75. The highest BCUT2D eigenvalue weighted by molar-refractivity contribution is 5.75. The first-order chi connectivity index (χ1) is 9.91. The number of alkyl halides is 6. The zero-order valence-electron chi connectivity index (χ0n) is 11.3. The van der Waals surface area contributed by atoms with Gasteiger partial charge in [0.15, 0.2) is 0 Å². The molecule has 1 aliphatic carbocycles. The van der Waals surface area contributed by atoms with Crippen LogP contribution >= 0.6 is 0 Å². The topological polar surface area (TPSA) is 63.6 Å². The van der Waals surface area contributed by atoms with Crippen LogP contribution in [-0.4, -0.2) is 35.0 Å². The van der Waals surface area contributed by atoms with Crippen molar-refractivity contribution < 1.29 is 45.8 Å². The van der Waals surface area contributed by atoms with Gasteiger partial charge < -0.3 is 9.84 Å². The molecule has 0 aromatic rings. The number of halogens is 6. The van der Waals surface area contributed by atoms with Gasteiger partial charge in [0.2, 0.25) is 0 Å². The van der Waals surface area contributed by atoms with Gasteiger partial charge in [0.25, 0.3) is 0 Å². The zero-order chi connectivity index (χ0) is 17.2. The van der Waals surface area contributed by atoms with Crippen LogP contribution in [0.4, 0.5) is 26.3 Å². The molecular formula is C12H14F6O4. The molecule has 0 spiro atoms. The normalized spacial score (nSPS) is 18.1. The summed E-state index contributed by atoms with van der Waals surface area (Å²) < 4.78 is 81.1. The Labute approximate surface area is 121 Å². The van der Waals surface area contributed by atoms with Crippen molar-refractivity contribution in [1.29, 1.82) is 0 Å². The Bertz CT molecular complexity index is 408. The molecule has 1 aliphatic rings. The first-order valence-electron chi connectivity index (χ1n) is 6.49. The number of carbonyl (C=O) groups is 2. The highest BCUT2D eigenvalue weighted by atomic mass is 19.4. The summed E-state index contributed by atoms with van der Waals surface area (Å²) in [7, 11) is 0. The van der Waals surface area contributed by atoms with E-state index in [1.165, 1.54) is 0 Å². The van der Waals surface area contributed by atoms with Crippen molar-refractivity contribution in [1.82, 2.24) is 0 Å². The van der Waals surface area contributed by atoms with E-state index in [4.69, 9.17) is 5.11 Å². The van der Waals surface area contributed by atoms with E-state index in [1.54, 1.807) is 0 Å². The number of carboxylic acids is 1. The van der Waals surface area contributed by atoms with Gasteiger partial charge in [0, 0.05) is 0 Å². The Morgan fingerprint density at radius 2 is 1.41 bits per heavy atom. The summed E-state index contributed by atoms with van der Waals surface area (Å²) in [5, 5.41) is 8.41. The molecule has 1 N–H and O–H groups in total. The van der Waals surface area contributed by atoms with Crippen molar-refractivity contribution >= 4 is 11.9 Å². The van der Waals surface area contributed by atoms with Crippen LogP contribution in [0.25, 0.3) is 0 Å². The van der Waals surface area contributed by atoms with Crippen molar-refractivity contribution in [2.45, 2.75) is 56.5 Å². The molecule has 0 bridgehead atoms. The highest BCUT2D eigenvalue weighted by Crippen LogP contribution is 2.49. The lowest BCUT2D eigenvalue weighted by atomic mass is 9.89. The minimum Gasteiger partial charge on any atom is -0.481 e. The summed E-state index contributed by atoms with van der Waals surface area (Å²) >= 11 is 0. The molecule has 0 aliphatic heterocycles. The maximum absolute atomic E-state index is 12.9. The van der Waals surface area contributed by atoms with Crippen LogP contribution in [0, 0.1) is 5.92 Å². The lowest BCUT2D eigenvalue weighted by molar-refractivity contribution is -0.370. The third kappa shape index (κ3) is 3.83. The van der Waals surface area contributed by atoms with Crippen molar-refractivity contribution in [3.05, 3.63) is 0 Å². The van der Waals surface area contributed by atoms with Crippen molar-refractivity contribution in [2.75, 3.05) is 0 Å². The third-order valence-corrected chi connectivity index (χ3v) is 3.53. The SMILES string of the molecule is O=C(O)CC(OC(=O)C1CCCCC1)(C(F)(F)F)C(F)(F)F. The van der Waals surface area contributed by atoms with Crippen molar-refractivity contribution in [3.63, 3.8) is 0 Å². The van der Waals surface area contributed by atoms with Crippen LogP contribution in [0.15, 0.2) is 0 Å². The van der Waals surface area contributed by atoms with Crippen LogP contribution in [-0.2, 0) is 14.3 Å². The molecule has 0 unspecified atom stereocenters. The fourth-order valence-corrected chi connectivity index (χ4v) is 2.32. The van der Waals surface area contributed by atoms with E-state index in [1.807, 2.05) is 0 Å². The third-order valence-electron chi connectivity index (χ3n) is 3.53. The summed E-state index contributed by atoms with van der Waals surface area (Å²) in [4.78, 5) is 22.1. The molecule has 128 valence electrons. The predicted molar refractivity (Wildman–Crippen MR) is 59.8 cm³/mol. The summed E-state index contributed by atoms with van der Waals surface area (Å²) in [6.07, 6.45) is -12.6. The number of aliphatic carboxylic acids is 1. The molecule has 0 saturated heterocycles. The van der Waals surface area contributed by atoms with Crippen LogP contribution in [0.3, 0.4) is 0 Å². The van der Waals surface area contributed by atoms with Gasteiger partial charge in [0.1, 0.15) is 6.42 Å². The van der Waals surface area contributed by atoms with Crippen LogP contribution in [0.5, 0.6) is 0 Å². The molecule has 1 saturated carbocycles. The Morgan fingerprint density at radius 1 is 0.955 bits per heavy atom. The number of hydrogen-bond donors (Lipinski definition) is 1. The number of carboxylic acid groups (broad SMARTS) is 1. The molecule has 0 aromatic carbocycles. The second-order valence-corrected chi connectivity index (χ2v) is 5.15. The molecule has 0 radical (unpaired) electrons. The fourth-order valence-electron chi connectivity index (χ4n) is 2.32. The first-order valence-corrected chi connectivity index (χ1v) is 6.49. The fraction of sp³-hybridized carbons (Fsp3) is 0.833. The summed E-state index contributed by atoms with van der Waals surface area (Å²) in [5.41, 5.74) is -5.03. The average molecular weight is 336 g/mol. The average Bonchev–Trinajstić information content (AvgIpc) is 2.35. The predicted octanol–water partition coefficient (Wildman–Crippen LogP) is 3.45. The molecule has 0 amide bonds. The molecule has 10 heteroatoms. The molecular weight excluding hydrogens is 322 g/mol. The number of carbonyl (C=O) groups excluding carboxylic acids is 1. The van der Waals surface area contributed by atoms with Gasteiger partial charge in [-0.05, 0) is 12.8 Å². The number of esters is 1. The lowest BCUT2D eigenvalue weighted by Gasteiger charge is -2.36. The van der Waals surface area contributed by atoms with Gasteiger partial charge in [0.05, 0.1) is 5.92 Å². The molecule has 0 heterocycles. The maximum Gasteiger partial charge on any atom is 0.438 e. The zero-order valence-corrected chi connectivity index (χ0v) is 11.3. The second-order valence-electron chi connectivity index (χ2n) is 5.15. The number of ether oxygens (including phenoxy) is 1. The number of hydrogen-bond acceptors (Lipinski definition) is 3. The van der Waals surface area contributed by atoms with Gasteiger partial charge in [-0.1, -0.05) is 19.3 Å². The monoisotopic (exact) mass is 336 g/mol. The first kappa shape index (κ1) is 18.6. The summed E-state index contributed by atoms with van der Waals surface area (Å²) in [6.45, 7) is 0. The van der Waals surface area contributed by atoms with Crippen molar-refractivity contribution in [3.8, 4) is 0 Å². The molecule has 4 nitrogen and oxygen atoms in total. The van der Waals surface area contributed by atoms with E-state index in [0.29, 0.717) is 12.8 Å². The maximum atomic E-state index is 12.9. The van der Waals surface area contributed by atoms with E-state index in [0.717, 1.165) is 6.42 Å². The quantitative estimate of drug-likeness (QED) is 0.631. The van der Waals surface area contributed by atoms with Crippen LogP contribution in [0.1, 0.15) is 38.5 Å². The smallest absolute Gasteiger partial charge is 0.438 e. The molecule has 1 fully saturated rings. The lowest BCUT2D eigenvalue weighted by Crippen LogP contribution is -2.61. The van der Waals surface area contributed by atoms with Crippen LogP contribution in [0.2, 0.25) is 0 Å². The summed E-state index contributed by atoms with van der Waals surface area (Å²) in [5.74, 6) is -5.10. The van der Waals surface area contributed by atoms with Gasteiger partial charge >= 0.3 is 29.9 Å². The van der Waals surface area contributed by atoms with E-state index in [-0.39, 0.29) is 12.8 Å². The Morgan fingerprint density at radius 3 is 1.77 bits per heavy atom. The largest absolute Gasteiger partial charge is 0.481 e. The van der Waals surface area contributed by atoms with E-state index in [9.17, 15) is 35.9 Å². The van der Waals surface area contributed by atoms with Gasteiger partial charge in [-0.3, -0.25) is 9.59 Å². The minimum atomic E-state index is -6.09. The standard InChI is InChI=1S/C12H14F6O4/c13-11(14,15)10(6-8(19)20,12(16,17)18)22-9(21)7-4-2-1-3-5-7/h7H,1-6H2,(H,19,20). The Balaban J connectivity index is 3.13. The Kier molecular flexibility index (Phi) is 5.34. The van der Waals surface area contributed by atoms with E-state index in [2.05, 4.69) is 4.74 Å². The molecule has 0 aromatic heterocycles. The van der Waals surface area contributed by atoms with Gasteiger partial charge in [-0.25, -0.2) is 0 Å². The Hall–Kier alpha value is -1.48. The van der Waals surface area contributed by atoms with Gasteiger partial charge in [-0.2, -0.15) is 26.3 Å². The molecule has 1 rings (SSSR count). The second kappa shape index (κ2) is 6.33. The minimum absolute atomic E-state index is 0.123. The van der Waals surface area contributed by atoms with Crippen molar-refractivity contribution in [2.24, 2.45) is 5.92 Å². The van der Waals surface area contributed by atoms with E-state index >= 15 is 0 Å².